The molecule has 0 aromatic carbocycles. The van der Waals surface area contributed by atoms with Crippen LogP contribution in [0.3, 0.4) is 0 Å². The number of pyridine rings is 1. The quantitative estimate of drug-likeness (QED) is 0.889. The van der Waals surface area contributed by atoms with E-state index in [9.17, 15) is 4.79 Å². The molecule has 0 radical (unpaired) electrons. The number of nitrogens with one attached hydrogen (secondary N) is 1. The maximum Gasteiger partial charge on any atom is 0.271 e. The van der Waals surface area contributed by atoms with Gasteiger partial charge in [0.2, 0.25) is 0 Å². The summed E-state index contributed by atoms with van der Waals surface area (Å²) in [6.07, 6.45) is 4.65. The fourth-order valence-corrected chi connectivity index (χ4v) is 1.42. The van der Waals surface area contributed by atoms with Gasteiger partial charge in [-0.1, -0.05) is 11.6 Å². The lowest BCUT2D eigenvalue weighted by atomic mass is 10.3. The summed E-state index contributed by atoms with van der Waals surface area (Å²) >= 11 is 5.84. The van der Waals surface area contributed by atoms with Crippen molar-refractivity contribution in [3.05, 3.63) is 53.2 Å². The minimum absolute atomic E-state index is 0.229. The third kappa shape index (κ3) is 2.41. The van der Waals surface area contributed by atoms with E-state index in [0.29, 0.717) is 11.6 Å². The molecule has 1 N–H and O–H groups in total. The molecular weight excluding hydrogens is 228 g/mol. The summed E-state index contributed by atoms with van der Waals surface area (Å²) in [7, 11) is 0. The first kappa shape index (κ1) is 10.7. The van der Waals surface area contributed by atoms with E-state index in [4.69, 9.17) is 16.0 Å². The molecule has 2 aromatic rings. The number of furan rings is 1. The van der Waals surface area contributed by atoms with Crippen LogP contribution in [0, 0.1) is 0 Å². The number of carbonyl (C=O) groups is 1. The number of nitrogens with zero attached hydrogens (tertiary/aromatic N) is 1. The molecule has 0 aliphatic carbocycles. The highest BCUT2D eigenvalue weighted by Gasteiger charge is 2.10. The lowest BCUT2D eigenvalue weighted by Gasteiger charge is -2.03. The molecule has 0 atom stereocenters. The average Bonchev–Trinajstić information content (AvgIpc) is 2.79. The lowest BCUT2D eigenvalue weighted by Crippen LogP contribution is -2.23. The Morgan fingerprint density at radius 3 is 3.06 bits per heavy atom. The molecule has 5 heteroatoms. The number of carbonyl (C=O) groups excluding carboxylic acids is 1. The van der Waals surface area contributed by atoms with Crippen LogP contribution in [0.1, 0.15) is 16.1 Å². The molecule has 1 amide bonds. The maximum atomic E-state index is 11.7. The van der Waals surface area contributed by atoms with Gasteiger partial charge in [-0.2, -0.15) is 0 Å². The number of hydrogen-bond donors (Lipinski definition) is 1. The maximum absolute atomic E-state index is 11.7. The van der Waals surface area contributed by atoms with E-state index < -0.39 is 0 Å². The topological polar surface area (TPSA) is 55.1 Å². The van der Waals surface area contributed by atoms with Gasteiger partial charge in [0.15, 0.2) is 0 Å². The monoisotopic (exact) mass is 236 g/mol. The Labute approximate surface area is 97.2 Å². The van der Waals surface area contributed by atoms with Crippen LogP contribution in [0.25, 0.3) is 0 Å². The highest BCUT2D eigenvalue weighted by molar-refractivity contribution is 6.33. The second kappa shape index (κ2) is 4.81. The molecule has 16 heavy (non-hydrogen) atoms. The van der Waals surface area contributed by atoms with Crippen molar-refractivity contribution >= 4 is 17.5 Å². The number of aromatic nitrogens is 1. The molecule has 0 unspecified atom stereocenters. The van der Waals surface area contributed by atoms with Gasteiger partial charge in [-0.05, 0) is 18.2 Å². The third-order valence-electron chi connectivity index (χ3n) is 2.01. The van der Waals surface area contributed by atoms with Gasteiger partial charge in [0.05, 0.1) is 17.5 Å². The molecule has 0 bridgehead atoms. The summed E-state index contributed by atoms with van der Waals surface area (Å²) in [5, 5.41) is 3.04. The van der Waals surface area contributed by atoms with Gasteiger partial charge in [0, 0.05) is 18.3 Å². The third-order valence-corrected chi connectivity index (χ3v) is 2.31. The normalized spacial score (nSPS) is 10.1. The summed E-state index contributed by atoms with van der Waals surface area (Å²) < 4.78 is 4.88. The van der Waals surface area contributed by atoms with Gasteiger partial charge >= 0.3 is 0 Å². The molecule has 0 saturated carbocycles. The molecule has 0 fully saturated rings. The van der Waals surface area contributed by atoms with Crippen molar-refractivity contribution in [2.75, 3.05) is 0 Å². The number of hydrogen-bond acceptors (Lipinski definition) is 3. The number of amides is 1. The van der Waals surface area contributed by atoms with Crippen molar-refractivity contribution in [1.82, 2.24) is 10.3 Å². The Kier molecular flexibility index (Phi) is 3.22. The zero-order chi connectivity index (χ0) is 11.4. The van der Waals surface area contributed by atoms with E-state index in [1.54, 1.807) is 30.7 Å². The first-order valence-electron chi connectivity index (χ1n) is 4.67. The van der Waals surface area contributed by atoms with Crippen LogP contribution >= 0.6 is 11.6 Å². The fraction of sp³-hybridized carbons (Fsp3) is 0.0909. The van der Waals surface area contributed by atoms with Crippen LogP contribution in [0.5, 0.6) is 0 Å². The summed E-state index contributed by atoms with van der Waals surface area (Å²) in [5.74, 6) is -0.299. The van der Waals surface area contributed by atoms with E-state index >= 15 is 0 Å². The highest BCUT2D eigenvalue weighted by atomic mass is 35.5. The average molecular weight is 237 g/mol. The molecule has 82 valence electrons. The van der Waals surface area contributed by atoms with Crippen molar-refractivity contribution in [1.29, 1.82) is 0 Å². The second-order valence-corrected chi connectivity index (χ2v) is 3.56. The smallest absolute Gasteiger partial charge is 0.271 e. The van der Waals surface area contributed by atoms with E-state index in [0.717, 1.165) is 5.56 Å². The Morgan fingerprint density at radius 1 is 1.50 bits per heavy atom. The van der Waals surface area contributed by atoms with Crippen LogP contribution in [0.15, 0.2) is 41.3 Å². The molecule has 4 nitrogen and oxygen atoms in total. The lowest BCUT2D eigenvalue weighted by molar-refractivity contribution is 0.0946. The molecule has 0 aliphatic heterocycles. The summed E-state index contributed by atoms with van der Waals surface area (Å²) in [5.41, 5.74) is 1.12. The van der Waals surface area contributed by atoms with Gasteiger partial charge in [0.25, 0.3) is 5.91 Å². The van der Waals surface area contributed by atoms with E-state index in [2.05, 4.69) is 10.3 Å². The molecule has 2 aromatic heterocycles. The number of rotatable bonds is 3. The van der Waals surface area contributed by atoms with E-state index in [1.807, 2.05) is 0 Å². The molecule has 2 rings (SSSR count). The highest BCUT2D eigenvalue weighted by Crippen LogP contribution is 2.11. The summed E-state index contributed by atoms with van der Waals surface area (Å²) in [4.78, 5) is 15.6. The summed E-state index contributed by atoms with van der Waals surface area (Å²) in [6, 6.07) is 5.08. The van der Waals surface area contributed by atoms with Crippen molar-refractivity contribution in [2.24, 2.45) is 0 Å². The van der Waals surface area contributed by atoms with Gasteiger partial charge in [0.1, 0.15) is 5.69 Å². The minimum Gasteiger partial charge on any atom is -0.472 e. The van der Waals surface area contributed by atoms with Crippen molar-refractivity contribution in [3.8, 4) is 0 Å². The predicted molar refractivity (Wildman–Crippen MR) is 59.1 cm³/mol. The van der Waals surface area contributed by atoms with Crippen LogP contribution in [0.4, 0.5) is 0 Å². The van der Waals surface area contributed by atoms with Crippen molar-refractivity contribution < 1.29 is 9.21 Å². The molecule has 0 saturated heterocycles. The van der Waals surface area contributed by atoms with E-state index in [-0.39, 0.29) is 11.6 Å². The SMILES string of the molecule is O=C(NCc1ccoc1)c1ncccc1Cl. The first-order valence-corrected chi connectivity index (χ1v) is 5.05. The van der Waals surface area contributed by atoms with Gasteiger partial charge < -0.3 is 9.73 Å². The Bertz CT molecular complexity index is 482. The number of halogens is 1. The van der Waals surface area contributed by atoms with E-state index in [1.165, 1.54) is 6.20 Å². The molecular formula is C11H9ClN2O2. The fourth-order valence-electron chi connectivity index (χ4n) is 1.21. The standard InChI is InChI=1S/C11H9ClN2O2/c12-9-2-1-4-13-10(9)11(15)14-6-8-3-5-16-7-8/h1-5,7H,6H2,(H,14,15). The second-order valence-electron chi connectivity index (χ2n) is 3.15. The van der Waals surface area contributed by atoms with Crippen LogP contribution in [-0.2, 0) is 6.54 Å². The Hall–Kier alpha value is -1.81. The van der Waals surface area contributed by atoms with Gasteiger partial charge in [-0.15, -0.1) is 0 Å². The molecule has 0 spiro atoms. The zero-order valence-corrected chi connectivity index (χ0v) is 9.07. The Balaban J connectivity index is 2.01. The Morgan fingerprint density at radius 2 is 2.38 bits per heavy atom. The first-order chi connectivity index (χ1) is 7.77. The molecule has 0 aliphatic rings. The van der Waals surface area contributed by atoms with Crippen molar-refractivity contribution in [2.45, 2.75) is 6.54 Å². The van der Waals surface area contributed by atoms with Crippen molar-refractivity contribution in [3.63, 3.8) is 0 Å². The largest absolute Gasteiger partial charge is 0.472 e. The minimum atomic E-state index is -0.299. The zero-order valence-electron chi connectivity index (χ0n) is 8.31. The van der Waals surface area contributed by atoms with Crippen LogP contribution in [0.2, 0.25) is 5.02 Å². The van der Waals surface area contributed by atoms with Crippen LogP contribution < -0.4 is 5.32 Å². The van der Waals surface area contributed by atoms with Crippen LogP contribution in [-0.4, -0.2) is 10.9 Å². The summed E-state index contributed by atoms with van der Waals surface area (Å²) in [6.45, 7) is 0.391. The van der Waals surface area contributed by atoms with Gasteiger partial charge in [-0.3, -0.25) is 4.79 Å². The predicted octanol–water partition coefficient (Wildman–Crippen LogP) is 2.26. The molecule has 2 heterocycles. The van der Waals surface area contributed by atoms with Gasteiger partial charge in [-0.25, -0.2) is 4.98 Å².